The summed E-state index contributed by atoms with van der Waals surface area (Å²) in [7, 11) is 2.17. The molecular formula is C29H34N6O2S. The average molecular weight is 531 g/mol. The van der Waals surface area contributed by atoms with Gasteiger partial charge in [-0.1, -0.05) is 0 Å². The van der Waals surface area contributed by atoms with Crippen molar-refractivity contribution < 1.29 is 4.74 Å². The van der Waals surface area contributed by atoms with Crippen LogP contribution in [0, 0.1) is 0 Å². The molecule has 1 atom stereocenters. The second-order valence-electron chi connectivity index (χ2n) is 10.2. The molecule has 2 aliphatic rings. The van der Waals surface area contributed by atoms with Gasteiger partial charge in [0.1, 0.15) is 5.65 Å². The Hall–Kier alpha value is -3.27. The van der Waals surface area contributed by atoms with Crippen molar-refractivity contribution >= 4 is 39.7 Å². The van der Waals surface area contributed by atoms with Gasteiger partial charge in [0, 0.05) is 78.0 Å². The number of aryl methyl sites for hydroxylation is 1. The first-order chi connectivity index (χ1) is 18.6. The molecule has 0 bridgehead atoms. The number of piperazine rings is 1. The molecule has 198 valence electrons. The van der Waals surface area contributed by atoms with Crippen LogP contribution in [0.4, 0.5) is 17.3 Å². The highest BCUT2D eigenvalue weighted by Gasteiger charge is 2.20. The average Bonchev–Trinajstić information content (AvgIpc) is 3.44. The van der Waals surface area contributed by atoms with Gasteiger partial charge >= 0.3 is 0 Å². The number of nitrogens with zero attached hydrogens (tertiary/aromatic N) is 5. The van der Waals surface area contributed by atoms with Gasteiger partial charge in [0.15, 0.2) is 0 Å². The summed E-state index contributed by atoms with van der Waals surface area (Å²) in [5.74, 6) is 0.902. The van der Waals surface area contributed by atoms with E-state index in [4.69, 9.17) is 9.72 Å². The van der Waals surface area contributed by atoms with Crippen molar-refractivity contribution in [3.05, 3.63) is 63.9 Å². The molecule has 1 aromatic carbocycles. The third kappa shape index (κ3) is 5.06. The lowest BCUT2D eigenvalue weighted by atomic mass is 10.0. The number of ether oxygens (including phenoxy) is 1. The highest BCUT2D eigenvalue weighted by Crippen LogP contribution is 2.35. The first-order valence-corrected chi connectivity index (χ1v) is 14.3. The number of hydrogen-bond donors (Lipinski definition) is 1. The minimum absolute atomic E-state index is 0.0190. The molecule has 2 fully saturated rings. The Morgan fingerprint density at radius 1 is 1.11 bits per heavy atom. The van der Waals surface area contributed by atoms with E-state index in [9.17, 15) is 4.79 Å². The van der Waals surface area contributed by atoms with Gasteiger partial charge in [-0.2, -0.15) is 4.98 Å². The van der Waals surface area contributed by atoms with Crippen LogP contribution in [0.2, 0.25) is 0 Å². The summed E-state index contributed by atoms with van der Waals surface area (Å²) in [6, 6.07) is 14.5. The standard InChI is InChI=1S/C29H34N6O2S/c1-3-35-27-21(17-24(28(35)36)26-11-10-25(38-26)20-5-4-16-37-19-20)18-30-29(32-27)31-22-6-8-23(9-7-22)34-14-12-33(2)13-15-34/h6-11,17-18,20H,3-5,12-16,19H2,1-2H3,(H,30,31,32). The first-order valence-electron chi connectivity index (χ1n) is 13.5. The molecule has 9 heteroatoms. The summed E-state index contributed by atoms with van der Waals surface area (Å²) in [4.78, 5) is 29.9. The molecule has 6 rings (SSSR count). The Morgan fingerprint density at radius 3 is 2.66 bits per heavy atom. The quantitative estimate of drug-likeness (QED) is 0.379. The number of pyridine rings is 1. The summed E-state index contributed by atoms with van der Waals surface area (Å²) in [6.45, 7) is 8.36. The highest BCUT2D eigenvalue weighted by molar-refractivity contribution is 7.15. The monoisotopic (exact) mass is 530 g/mol. The normalized spacial score (nSPS) is 18.7. The van der Waals surface area contributed by atoms with Crippen LogP contribution in [0.25, 0.3) is 21.5 Å². The number of aromatic nitrogens is 3. The molecule has 2 aliphatic heterocycles. The van der Waals surface area contributed by atoms with E-state index in [2.05, 4.69) is 63.5 Å². The Kier molecular flexibility index (Phi) is 7.14. The summed E-state index contributed by atoms with van der Waals surface area (Å²) < 4.78 is 7.42. The van der Waals surface area contributed by atoms with Crippen LogP contribution in [0.3, 0.4) is 0 Å². The van der Waals surface area contributed by atoms with E-state index in [-0.39, 0.29) is 5.56 Å². The molecule has 0 amide bonds. The summed E-state index contributed by atoms with van der Waals surface area (Å²) in [6.07, 6.45) is 4.03. The SMILES string of the molecule is CCn1c(=O)c(-c2ccc(C3CCCOC3)s2)cc2cnc(Nc3ccc(N4CCN(C)CC4)cc3)nc21. The van der Waals surface area contributed by atoms with Crippen LogP contribution < -0.4 is 15.8 Å². The number of likely N-dealkylation sites (N-methyl/N-ethyl adjacent to an activating group) is 1. The zero-order valence-electron chi connectivity index (χ0n) is 22.0. The third-order valence-electron chi connectivity index (χ3n) is 7.59. The van der Waals surface area contributed by atoms with Crippen LogP contribution in [0.1, 0.15) is 30.6 Å². The third-order valence-corrected chi connectivity index (χ3v) is 8.87. The Labute approximate surface area is 226 Å². The van der Waals surface area contributed by atoms with Gasteiger partial charge in [-0.15, -0.1) is 11.3 Å². The van der Waals surface area contributed by atoms with Gasteiger partial charge in [0.05, 0.1) is 12.2 Å². The van der Waals surface area contributed by atoms with E-state index < -0.39 is 0 Å². The molecule has 1 N–H and O–H groups in total. The molecular weight excluding hydrogens is 496 g/mol. The van der Waals surface area contributed by atoms with E-state index in [1.165, 1.54) is 10.6 Å². The Morgan fingerprint density at radius 2 is 1.92 bits per heavy atom. The molecule has 8 nitrogen and oxygen atoms in total. The first kappa shape index (κ1) is 25.0. The van der Waals surface area contributed by atoms with Gasteiger partial charge in [-0.05, 0) is 69.3 Å². The highest BCUT2D eigenvalue weighted by atomic mass is 32.1. The number of hydrogen-bond acceptors (Lipinski definition) is 8. The van der Waals surface area contributed by atoms with Crippen molar-refractivity contribution in [2.45, 2.75) is 32.2 Å². The fraction of sp³-hybridized carbons (Fsp3) is 0.414. The fourth-order valence-corrected chi connectivity index (χ4v) is 6.46. The molecule has 4 aromatic rings. The molecule has 0 aliphatic carbocycles. The van der Waals surface area contributed by atoms with Crippen molar-refractivity contribution in [3.63, 3.8) is 0 Å². The number of anilines is 3. The molecule has 0 radical (unpaired) electrons. The largest absolute Gasteiger partial charge is 0.381 e. The molecule has 2 saturated heterocycles. The molecule has 0 spiro atoms. The zero-order chi connectivity index (χ0) is 26.1. The minimum atomic E-state index is -0.0190. The maximum absolute atomic E-state index is 13.5. The van der Waals surface area contributed by atoms with Crippen molar-refractivity contribution in [1.29, 1.82) is 0 Å². The molecule has 3 aromatic heterocycles. The van der Waals surface area contributed by atoms with Crippen molar-refractivity contribution in [1.82, 2.24) is 19.4 Å². The fourth-order valence-electron chi connectivity index (χ4n) is 5.32. The van der Waals surface area contributed by atoms with Gasteiger partial charge in [0.2, 0.25) is 5.95 Å². The predicted molar refractivity (Wildman–Crippen MR) is 155 cm³/mol. The number of thiophene rings is 1. The van der Waals surface area contributed by atoms with E-state index in [1.54, 1.807) is 15.9 Å². The Balaban J connectivity index is 1.25. The summed E-state index contributed by atoms with van der Waals surface area (Å²) >= 11 is 1.70. The summed E-state index contributed by atoms with van der Waals surface area (Å²) in [5.41, 5.74) is 3.47. The van der Waals surface area contributed by atoms with Crippen LogP contribution in [0.15, 0.2) is 53.5 Å². The van der Waals surface area contributed by atoms with Gasteiger partial charge in [-0.3, -0.25) is 9.36 Å². The molecule has 38 heavy (non-hydrogen) atoms. The molecule has 0 saturated carbocycles. The zero-order valence-corrected chi connectivity index (χ0v) is 22.8. The number of fused-ring (bicyclic) bond motifs is 1. The molecule has 5 heterocycles. The number of benzene rings is 1. The van der Waals surface area contributed by atoms with E-state index >= 15 is 0 Å². The lowest BCUT2D eigenvalue weighted by molar-refractivity contribution is 0.0814. The van der Waals surface area contributed by atoms with Crippen LogP contribution in [0.5, 0.6) is 0 Å². The lowest BCUT2D eigenvalue weighted by Crippen LogP contribution is -2.44. The second-order valence-corrected chi connectivity index (χ2v) is 11.3. The van der Waals surface area contributed by atoms with Crippen molar-refractivity contribution in [3.8, 4) is 10.4 Å². The van der Waals surface area contributed by atoms with Crippen LogP contribution in [-0.4, -0.2) is 65.9 Å². The van der Waals surface area contributed by atoms with E-state index in [0.717, 1.165) is 68.2 Å². The van der Waals surface area contributed by atoms with Crippen molar-refractivity contribution in [2.24, 2.45) is 0 Å². The van der Waals surface area contributed by atoms with Gasteiger partial charge in [-0.25, -0.2) is 4.98 Å². The van der Waals surface area contributed by atoms with Gasteiger partial charge in [0.25, 0.3) is 5.56 Å². The maximum atomic E-state index is 13.5. The van der Waals surface area contributed by atoms with E-state index in [1.807, 2.05) is 19.2 Å². The van der Waals surface area contributed by atoms with E-state index in [0.29, 0.717) is 29.6 Å². The number of rotatable bonds is 6. The van der Waals surface area contributed by atoms with Crippen molar-refractivity contribution in [2.75, 3.05) is 56.7 Å². The Bertz CT molecular complexity index is 1470. The van der Waals surface area contributed by atoms with Gasteiger partial charge < -0.3 is 19.9 Å². The van der Waals surface area contributed by atoms with Crippen LogP contribution >= 0.6 is 11.3 Å². The maximum Gasteiger partial charge on any atom is 0.260 e. The minimum Gasteiger partial charge on any atom is -0.381 e. The smallest absolute Gasteiger partial charge is 0.260 e. The predicted octanol–water partition coefficient (Wildman–Crippen LogP) is 4.93. The lowest BCUT2D eigenvalue weighted by Gasteiger charge is -2.34. The topological polar surface area (TPSA) is 75.5 Å². The summed E-state index contributed by atoms with van der Waals surface area (Å²) in [5, 5.41) is 4.17. The second kappa shape index (κ2) is 10.8. The van der Waals surface area contributed by atoms with Crippen LogP contribution in [-0.2, 0) is 11.3 Å². The number of nitrogens with one attached hydrogen (secondary N) is 1. The molecule has 1 unspecified atom stereocenters.